The van der Waals surface area contributed by atoms with E-state index in [1.54, 1.807) is 0 Å². The van der Waals surface area contributed by atoms with Crippen LogP contribution in [0.2, 0.25) is 0 Å². The molecule has 4 rings (SSSR count). The van der Waals surface area contributed by atoms with Crippen LogP contribution in [0.25, 0.3) is 0 Å². The molecule has 0 radical (unpaired) electrons. The van der Waals surface area contributed by atoms with Gasteiger partial charge in [0.2, 0.25) is 5.78 Å². The second kappa shape index (κ2) is 4.98. The Morgan fingerprint density at radius 3 is 2.52 bits per heavy atom. The van der Waals surface area contributed by atoms with Crippen molar-refractivity contribution in [2.75, 3.05) is 7.11 Å². The third-order valence-electron chi connectivity index (χ3n) is 5.82. The molecule has 1 aromatic heterocycles. The monoisotopic (exact) mass is 315 g/mol. The van der Waals surface area contributed by atoms with Crippen LogP contribution in [0.4, 0.5) is 0 Å². The molecule has 1 N–H and O–H groups in total. The maximum atomic E-state index is 12.8. The molecule has 0 bridgehead atoms. The third kappa shape index (κ3) is 1.79. The van der Waals surface area contributed by atoms with Crippen LogP contribution in [0, 0.1) is 0 Å². The summed E-state index contributed by atoms with van der Waals surface area (Å²) in [6.07, 6.45) is 6.94. The first kappa shape index (κ1) is 14.5. The van der Waals surface area contributed by atoms with E-state index < -0.39 is 17.3 Å². The van der Waals surface area contributed by atoms with Crippen molar-refractivity contribution in [2.24, 2.45) is 0 Å². The molecule has 23 heavy (non-hydrogen) atoms. The van der Waals surface area contributed by atoms with Crippen LogP contribution in [0.3, 0.4) is 0 Å². The number of aliphatic hydroxyl groups excluding tert-OH is 1. The van der Waals surface area contributed by atoms with Gasteiger partial charge in [-0.3, -0.25) is 4.79 Å². The number of rotatable bonds is 2. The fourth-order valence-electron chi connectivity index (χ4n) is 4.42. The van der Waals surface area contributed by atoms with Crippen molar-refractivity contribution < 1.29 is 19.4 Å². The third-order valence-corrected chi connectivity index (χ3v) is 5.82. The van der Waals surface area contributed by atoms with Crippen LogP contribution >= 0.6 is 0 Å². The quantitative estimate of drug-likeness (QED) is 0.672. The molecule has 2 aliphatic carbocycles. The molecular formula is C18H21NO4. The lowest BCUT2D eigenvalue weighted by Crippen LogP contribution is -2.43. The summed E-state index contributed by atoms with van der Waals surface area (Å²) < 4.78 is 6.80. The fourth-order valence-corrected chi connectivity index (χ4v) is 4.42. The summed E-state index contributed by atoms with van der Waals surface area (Å²) in [5.74, 6) is -0.786. The zero-order chi connectivity index (χ0) is 16.2. The summed E-state index contributed by atoms with van der Waals surface area (Å²) in [5.41, 5.74) is 0.838. The Morgan fingerprint density at radius 2 is 1.96 bits per heavy atom. The van der Waals surface area contributed by atoms with E-state index in [4.69, 9.17) is 4.74 Å². The summed E-state index contributed by atoms with van der Waals surface area (Å²) in [7, 11) is 1.24. The van der Waals surface area contributed by atoms with Gasteiger partial charge >= 0.3 is 5.97 Å². The van der Waals surface area contributed by atoms with Gasteiger partial charge in [0.25, 0.3) is 0 Å². The molecule has 0 aromatic carbocycles. The number of ketones is 1. The number of nitrogens with zero attached hydrogens (tertiary/aromatic N) is 1. The maximum absolute atomic E-state index is 12.8. The molecule has 5 heteroatoms. The second-order valence-corrected chi connectivity index (χ2v) is 6.89. The minimum absolute atomic E-state index is 0.0869. The molecule has 0 atom stereocenters. The van der Waals surface area contributed by atoms with E-state index in [1.807, 2.05) is 16.7 Å². The zero-order valence-corrected chi connectivity index (χ0v) is 13.3. The highest BCUT2D eigenvalue weighted by molar-refractivity contribution is 6.24. The SMILES string of the molecule is COC(=O)C1=C(O)C2(CCCC2)n2c(ccc2C2CCC2)C1=O. The fraction of sp³-hybridized carbons (Fsp3) is 0.556. The Morgan fingerprint density at radius 1 is 1.26 bits per heavy atom. The molecule has 122 valence electrons. The first-order valence-corrected chi connectivity index (χ1v) is 8.39. The topological polar surface area (TPSA) is 68.5 Å². The molecule has 1 aromatic rings. The van der Waals surface area contributed by atoms with Gasteiger partial charge in [-0.15, -0.1) is 0 Å². The van der Waals surface area contributed by atoms with Gasteiger partial charge in [-0.2, -0.15) is 0 Å². The maximum Gasteiger partial charge on any atom is 0.345 e. The average Bonchev–Trinajstić information content (AvgIpc) is 3.11. The summed E-state index contributed by atoms with van der Waals surface area (Å²) in [6.45, 7) is 0. The number of Topliss-reactive ketones (excluding diaryl/α,β-unsaturated/α-hetero) is 1. The van der Waals surface area contributed by atoms with Gasteiger partial charge in [0.05, 0.1) is 12.8 Å². The minimum Gasteiger partial charge on any atom is -0.509 e. The number of aliphatic hydroxyl groups is 1. The van der Waals surface area contributed by atoms with Crippen molar-refractivity contribution in [3.63, 3.8) is 0 Å². The van der Waals surface area contributed by atoms with Crippen LogP contribution in [-0.4, -0.2) is 28.5 Å². The smallest absolute Gasteiger partial charge is 0.345 e. The standard InChI is InChI=1S/C18H21NO4/c1-23-17(22)14-15(20)13-8-7-12(11-5-4-6-11)19(13)18(16(14)21)9-2-3-10-18/h7-8,11,21H,2-6,9-10H2,1H3. The molecule has 0 amide bonds. The summed E-state index contributed by atoms with van der Waals surface area (Å²) in [6, 6.07) is 3.82. The van der Waals surface area contributed by atoms with Crippen molar-refractivity contribution in [3.8, 4) is 0 Å². The van der Waals surface area contributed by atoms with Crippen LogP contribution in [0.5, 0.6) is 0 Å². The molecule has 1 spiro atoms. The van der Waals surface area contributed by atoms with E-state index in [1.165, 1.54) is 13.5 Å². The number of hydrogen-bond acceptors (Lipinski definition) is 4. The Bertz CT molecular complexity index is 717. The van der Waals surface area contributed by atoms with E-state index in [0.717, 1.165) is 44.2 Å². The Balaban J connectivity index is 1.94. The highest BCUT2D eigenvalue weighted by Gasteiger charge is 2.50. The number of carbonyl (C=O) groups excluding carboxylic acids is 2. The lowest BCUT2D eigenvalue weighted by molar-refractivity contribution is -0.136. The molecule has 5 nitrogen and oxygen atoms in total. The van der Waals surface area contributed by atoms with E-state index in [0.29, 0.717) is 11.6 Å². The lowest BCUT2D eigenvalue weighted by Gasteiger charge is -2.40. The summed E-state index contributed by atoms with van der Waals surface area (Å²) >= 11 is 0. The molecule has 1 aliphatic heterocycles. The van der Waals surface area contributed by atoms with E-state index >= 15 is 0 Å². The first-order valence-electron chi connectivity index (χ1n) is 8.39. The highest BCUT2D eigenvalue weighted by Crippen LogP contribution is 2.50. The predicted octanol–water partition coefficient (Wildman–Crippen LogP) is 3.21. The van der Waals surface area contributed by atoms with E-state index in [-0.39, 0.29) is 11.3 Å². The normalized spacial score (nSPS) is 23.1. The minimum atomic E-state index is -0.739. The van der Waals surface area contributed by atoms with Crippen molar-refractivity contribution in [3.05, 3.63) is 34.9 Å². The number of allylic oxidation sites excluding steroid dienone is 1. The van der Waals surface area contributed by atoms with Crippen molar-refractivity contribution in [2.45, 2.75) is 56.4 Å². The molecule has 2 saturated carbocycles. The highest BCUT2D eigenvalue weighted by atomic mass is 16.5. The molecule has 3 aliphatic rings. The van der Waals surface area contributed by atoms with Gasteiger partial charge in [-0.1, -0.05) is 19.3 Å². The van der Waals surface area contributed by atoms with Crippen LogP contribution < -0.4 is 0 Å². The number of aromatic nitrogens is 1. The van der Waals surface area contributed by atoms with Gasteiger partial charge in [0.15, 0.2) is 0 Å². The van der Waals surface area contributed by atoms with E-state index in [2.05, 4.69) is 0 Å². The first-order chi connectivity index (χ1) is 11.1. The van der Waals surface area contributed by atoms with Gasteiger partial charge in [-0.25, -0.2) is 4.79 Å². The molecular weight excluding hydrogens is 294 g/mol. The van der Waals surface area contributed by atoms with Crippen molar-refractivity contribution >= 4 is 11.8 Å². The average molecular weight is 315 g/mol. The second-order valence-electron chi connectivity index (χ2n) is 6.89. The Hall–Kier alpha value is -2.04. The van der Waals surface area contributed by atoms with Crippen molar-refractivity contribution in [1.82, 2.24) is 4.57 Å². The van der Waals surface area contributed by atoms with Crippen LogP contribution in [0.15, 0.2) is 23.5 Å². The van der Waals surface area contributed by atoms with Gasteiger partial charge < -0.3 is 14.4 Å². The molecule has 2 heterocycles. The largest absolute Gasteiger partial charge is 0.509 e. The molecule has 2 fully saturated rings. The number of carbonyl (C=O) groups is 2. The number of fused-ring (bicyclic) bond motifs is 2. The zero-order valence-electron chi connectivity index (χ0n) is 13.3. The Kier molecular flexibility index (Phi) is 3.15. The van der Waals surface area contributed by atoms with Crippen LogP contribution in [0.1, 0.15) is 67.0 Å². The molecule has 0 saturated heterocycles. The van der Waals surface area contributed by atoms with E-state index in [9.17, 15) is 14.7 Å². The summed E-state index contributed by atoms with van der Waals surface area (Å²) in [5, 5.41) is 10.9. The Labute approximate surface area is 134 Å². The van der Waals surface area contributed by atoms with Crippen molar-refractivity contribution in [1.29, 1.82) is 0 Å². The number of esters is 1. The predicted molar refractivity (Wildman–Crippen MR) is 83.5 cm³/mol. The molecule has 0 unspecified atom stereocenters. The lowest BCUT2D eigenvalue weighted by atomic mass is 9.80. The van der Waals surface area contributed by atoms with Gasteiger partial charge in [0.1, 0.15) is 16.9 Å². The van der Waals surface area contributed by atoms with Crippen LogP contribution in [-0.2, 0) is 15.1 Å². The summed E-state index contributed by atoms with van der Waals surface area (Å²) in [4.78, 5) is 24.8. The number of methoxy groups -OCH3 is 1. The number of hydrogen-bond donors (Lipinski definition) is 1. The van der Waals surface area contributed by atoms with Gasteiger partial charge in [-0.05, 0) is 43.7 Å². The van der Waals surface area contributed by atoms with Gasteiger partial charge in [0, 0.05) is 5.69 Å². The number of ether oxygens (including phenoxy) is 1.